The van der Waals surface area contributed by atoms with E-state index in [0.717, 1.165) is 6.42 Å². The van der Waals surface area contributed by atoms with Gasteiger partial charge in [0.05, 0.1) is 56.5 Å². The minimum absolute atomic E-state index is 0.0132. The van der Waals surface area contributed by atoms with Gasteiger partial charge in [-0.15, -0.1) is 0 Å². The van der Waals surface area contributed by atoms with E-state index in [1.807, 2.05) is 0 Å². The molecule has 0 bridgehead atoms. The van der Waals surface area contributed by atoms with Crippen LogP contribution in [0.15, 0.2) is 43.0 Å². The molecule has 15 nitrogen and oxygen atoms in total. The van der Waals surface area contributed by atoms with Crippen molar-refractivity contribution in [1.82, 2.24) is 45.4 Å². The van der Waals surface area contributed by atoms with Crippen LogP contribution in [0.1, 0.15) is 63.3 Å². The van der Waals surface area contributed by atoms with Crippen LogP contribution in [0.25, 0.3) is 33.9 Å². The first-order chi connectivity index (χ1) is 24.6. The number of imidazole rings is 2. The lowest BCUT2D eigenvalue weighted by atomic mass is 9.86. The average molecular weight is 702 g/mol. The number of nitrogens with zero attached hydrogens (tertiary/aromatic N) is 5. The van der Waals surface area contributed by atoms with Crippen LogP contribution < -0.4 is 10.6 Å². The van der Waals surface area contributed by atoms with E-state index in [1.165, 1.54) is 26.5 Å². The molecular weight excluding hydrogens is 661 g/mol. The van der Waals surface area contributed by atoms with E-state index >= 15 is 4.39 Å². The number of Topliss-reactive ketones (excluding diaryl/α,β-unsaturated/α-hetero) is 1. The van der Waals surface area contributed by atoms with E-state index in [-0.39, 0.29) is 36.1 Å². The molecule has 2 fully saturated rings. The maximum Gasteiger partial charge on any atom is 0.407 e. The zero-order valence-corrected chi connectivity index (χ0v) is 28.7. The van der Waals surface area contributed by atoms with Crippen molar-refractivity contribution in [1.29, 1.82) is 0 Å². The summed E-state index contributed by atoms with van der Waals surface area (Å²) in [6.45, 7) is 4.49. The zero-order valence-electron chi connectivity index (χ0n) is 28.7. The molecule has 5 atom stereocenters. The first kappa shape index (κ1) is 35.3. The summed E-state index contributed by atoms with van der Waals surface area (Å²) in [4.78, 5) is 75.5. The summed E-state index contributed by atoms with van der Waals surface area (Å²) < 4.78 is 24.8. The number of carbonyl (C=O) groups excluding carboxylic acids is 4. The first-order valence-corrected chi connectivity index (χ1v) is 16.8. The van der Waals surface area contributed by atoms with E-state index in [1.54, 1.807) is 49.5 Å². The van der Waals surface area contributed by atoms with Gasteiger partial charge in [0.25, 0.3) is 0 Å². The van der Waals surface area contributed by atoms with Crippen molar-refractivity contribution < 1.29 is 33.0 Å². The number of ether oxygens (including phenoxy) is 2. The number of nitrogens with one attached hydrogen (secondary N) is 4. The number of aromatic nitrogens is 6. The highest BCUT2D eigenvalue weighted by atomic mass is 19.1. The summed E-state index contributed by atoms with van der Waals surface area (Å²) in [6.07, 6.45) is 7.84. The van der Waals surface area contributed by atoms with Crippen molar-refractivity contribution in [3.8, 4) is 33.9 Å². The van der Waals surface area contributed by atoms with Crippen LogP contribution >= 0.6 is 0 Å². The average Bonchev–Trinajstić information content (AvgIpc) is 3.97. The largest absolute Gasteiger partial charge is 0.469 e. The Morgan fingerprint density at radius 2 is 1.67 bits per heavy atom. The normalized spacial score (nSPS) is 19.8. The topological polar surface area (TPSA) is 197 Å². The van der Waals surface area contributed by atoms with E-state index in [2.05, 4.69) is 45.3 Å². The summed E-state index contributed by atoms with van der Waals surface area (Å²) in [6, 6.07) is 3.26. The number of amides is 2. The highest BCUT2D eigenvalue weighted by Gasteiger charge is 2.38. The zero-order chi connectivity index (χ0) is 36.2. The fraction of sp³-hybridized carbons (Fsp3) is 0.429. The number of hydrogen-bond donors (Lipinski definition) is 4. The van der Waals surface area contributed by atoms with Crippen molar-refractivity contribution in [2.75, 3.05) is 27.3 Å². The molecule has 2 aliphatic heterocycles. The van der Waals surface area contributed by atoms with Crippen LogP contribution in [0.4, 0.5) is 9.18 Å². The molecule has 6 rings (SSSR count). The third kappa shape index (κ3) is 7.50. The van der Waals surface area contributed by atoms with Gasteiger partial charge in [0.15, 0.2) is 5.82 Å². The number of esters is 1. The minimum Gasteiger partial charge on any atom is -0.469 e. The second-order valence-corrected chi connectivity index (χ2v) is 12.8. The molecule has 0 radical (unpaired) electrons. The minimum atomic E-state index is -0.778. The second-order valence-electron chi connectivity index (χ2n) is 12.8. The molecule has 0 saturated carbocycles. The van der Waals surface area contributed by atoms with Gasteiger partial charge >= 0.3 is 12.1 Å². The molecule has 0 spiro atoms. The first-order valence-electron chi connectivity index (χ1n) is 16.8. The van der Waals surface area contributed by atoms with Gasteiger partial charge in [-0.2, -0.15) is 0 Å². The van der Waals surface area contributed by atoms with E-state index in [9.17, 15) is 19.2 Å². The third-order valence-corrected chi connectivity index (χ3v) is 9.48. The lowest BCUT2D eigenvalue weighted by molar-refractivity contribution is -0.144. The fourth-order valence-electron chi connectivity index (χ4n) is 6.73. The molecule has 0 aliphatic carbocycles. The summed E-state index contributed by atoms with van der Waals surface area (Å²) in [7, 11) is 2.54. The number of ketones is 1. The van der Waals surface area contributed by atoms with Crippen LogP contribution in [0.5, 0.6) is 0 Å². The number of hydrogen-bond acceptors (Lipinski definition) is 11. The Hall–Kier alpha value is -5.51. The smallest absolute Gasteiger partial charge is 0.407 e. The molecule has 51 heavy (non-hydrogen) atoms. The van der Waals surface area contributed by atoms with Crippen LogP contribution in [0, 0.1) is 17.7 Å². The second kappa shape index (κ2) is 15.2. The Morgan fingerprint density at radius 3 is 2.39 bits per heavy atom. The van der Waals surface area contributed by atoms with Gasteiger partial charge < -0.3 is 35.0 Å². The lowest BCUT2D eigenvalue weighted by Gasteiger charge is -2.26. The van der Waals surface area contributed by atoms with Gasteiger partial charge in [-0.3, -0.25) is 14.4 Å². The van der Waals surface area contributed by atoms with Crippen molar-refractivity contribution >= 4 is 23.8 Å². The molecule has 1 aromatic carbocycles. The molecule has 2 saturated heterocycles. The van der Waals surface area contributed by atoms with E-state index < -0.39 is 29.8 Å². The molecular formula is C35H40FN9O6. The third-order valence-electron chi connectivity index (χ3n) is 9.48. The van der Waals surface area contributed by atoms with Crippen molar-refractivity contribution in [3.63, 3.8) is 0 Å². The van der Waals surface area contributed by atoms with Crippen LogP contribution in [-0.4, -0.2) is 91.9 Å². The number of rotatable bonds is 11. The molecule has 5 heterocycles. The van der Waals surface area contributed by atoms with Gasteiger partial charge in [0, 0.05) is 47.5 Å². The summed E-state index contributed by atoms with van der Waals surface area (Å²) in [5.74, 6) is -0.532. The van der Waals surface area contributed by atoms with Crippen LogP contribution in [0.2, 0.25) is 0 Å². The number of likely N-dealkylation sites (tertiary alicyclic amines) is 1. The van der Waals surface area contributed by atoms with Crippen LogP contribution in [-0.2, 0) is 23.9 Å². The fourth-order valence-corrected chi connectivity index (χ4v) is 6.73. The van der Waals surface area contributed by atoms with Crippen LogP contribution in [0.3, 0.4) is 0 Å². The number of benzene rings is 1. The number of aromatic amines is 2. The highest BCUT2D eigenvalue weighted by molar-refractivity contribution is 5.88. The van der Waals surface area contributed by atoms with Crippen molar-refractivity contribution in [2.24, 2.45) is 11.8 Å². The molecule has 4 aromatic rings. The summed E-state index contributed by atoms with van der Waals surface area (Å²) >= 11 is 0. The van der Waals surface area contributed by atoms with E-state index in [0.29, 0.717) is 71.5 Å². The Balaban J connectivity index is 1.12. The predicted octanol–water partition coefficient (Wildman–Crippen LogP) is 3.89. The Bertz CT molecular complexity index is 1910. The Morgan fingerprint density at radius 1 is 0.941 bits per heavy atom. The van der Waals surface area contributed by atoms with Gasteiger partial charge in [0.1, 0.15) is 29.3 Å². The number of alkyl carbamates (subject to hydrolysis) is 1. The van der Waals surface area contributed by atoms with Gasteiger partial charge in [-0.05, 0) is 44.9 Å². The SMILES string of the molecule is COC(=O)C[C@@H](C)C(=O)C1CCN[C@H]1c1ncc(-c2cnc(-c3ccc(-c4cnc([C@@H]5CCCN5C(=O)[C@H](C)NC(=O)OC)[nH]4)c(F)c3)nc2)[nH]1. The summed E-state index contributed by atoms with van der Waals surface area (Å²) in [5.41, 5.74) is 2.55. The summed E-state index contributed by atoms with van der Waals surface area (Å²) in [5, 5.41) is 5.84. The molecule has 3 aromatic heterocycles. The molecule has 4 N–H and O–H groups in total. The monoisotopic (exact) mass is 701 g/mol. The van der Waals surface area contributed by atoms with Crippen molar-refractivity contribution in [2.45, 2.75) is 57.7 Å². The maximum absolute atomic E-state index is 15.5. The maximum atomic E-state index is 15.5. The van der Waals surface area contributed by atoms with E-state index in [4.69, 9.17) is 4.74 Å². The number of carbonyl (C=O) groups is 4. The Labute approximate surface area is 293 Å². The molecule has 16 heteroatoms. The predicted molar refractivity (Wildman–Crippen MR) is 181 cm³/mol. The number of halogens is 1. The number of methoxy groups -OCH3 is 2. The van der Waals surface area contributed by atoms with Crippen molar-refractivity contribution in [3.05, 3.63) is 60.5 Å². The standard InChI is InChI=1S/C35H40FN9O6/c1-18(12-28(46)50-3)30(47)23-9-10-37-29(23)33-41-16-25(43-33)21-14-38-31(39-15-21)20-7-8-22(24(36)13-20)26-17-40-32(44-26)27-6-5-11-45(27)34(48)19(2)42-35(49)51-4/h7-8,13-19,23,27,29,37H,5-6,9-12H2,1-4H3,(H,40,44)(H,41,43)(H,42,49)/t18-,19+,23?,27+,29-/m1/s1. The Kier molecular flexibility index (Phi) is 10.5. The molecule has 268 valence electrons. The molecule has 1 unspecified atom stereocenters. The lowest BCUT2D eigenvalue weighted by Crippen LogP contribution is -2.46. The van der Waals surface area contributed by atoms with Gasteiger partial charge in [-0.1, -0.05) is 13.0 Å². The van der Waals surface area contributed by atoms with Gasteiger partial charge in [0.2, 0.25) is 5.91 Å². The number of H-pyrrole nitrogens is 2. The highest BCUT2D eigenvalue weighted by Crippen LogP contribution is 2.34. The molecule has 2 amide bonds. The molecule has 2 aliphatic rings. The van der Waals surface area contributed by atoms with Gasteiger partial charge in [-0.25, -0.2) is 29.1 Å². The quantitative estimate of drug-likeness (QED) is 0.166.